The Kier molecular flexibility index (Phi) is 8.41. The summed E-state index contributed by atoms with van der Waals surface area (Å²) >= 11 is 1.98. The van der Waals surface area contributed by atoms with Gasteiger partial charge in [0.1, 0.15) is 0 Å². The van der Waals surface area contributed by atoms with E-state index in [2.05, 4.69) is 30.3 Å². The molecule has 0 atom stereocenters. The van der Waals surface area contributed by atoms with Gasteiger partial charge >= 0.3 is 8.80 Å². The molecule has 0 aromatic heterocycles. The molecule has 1 aromatic carbocycles. The van der Waals surface area contributed by atoms with Gasteiger partial charge in [-0.3, -0.25) is 0 Å². The minimum Gasteiger partial charge on any atom is -0.377 e. The second-order valence-corrected chi connectivity index (χ2v) is 8.56. The maximum Gasteiger partial charge on any atom is 0.500 e. The van der Waals surface area contributed by atoms with E-state index < -0.39 is 8.80 Å². The highest BCUT2D eigenvalue weighted by molar-refractivity contribution is 7.99. The van der Waals surface area contributed by atoms with E-state index in [0.717, 1.165) is 30.4 Å². The van der Waals surface area contributed by atoms with Crippen molar-refractivity contribution in [2.24, 2.45) is 0 Å². The van der Waals surface area contributed by atoms with Crippen molar-refractivity contribution in [1.82, 2.24) is 0 Å². The van der Waals surface area contributed by atoms with Gasteiger partial charge in [-0.15, -0.1) is 0 Å². The average molecular weight is 300 g/mol. The van der Waals surface area contributed by atoms with Crippen molar-refractivity contribution in [2.75, 3.05) is 32.8 Å². The van der Waals surface area contributed by atoms with Crippen molar-refractivity contribution in [3.05, 3.63) is 35.9 Å². The number of aryl methyl sites for hydroxylation is 1. The molecule has 0 saturated carbocycles. The molecule has 0 fully saturated rings. The van der Waals surface area contributed by atoms with Gasteiger partial charge in [-0.05, 0) is 29.9 Å². The lowest BCUT2D eigenvalue weighted by Crippen LogP contribution is -2.42. The Labute approximate surface area is 122 Å². The van der Waals surface area contributed by atoms with E-state index in [4.69, 9.17) is 13.3 Å². The third-order valence-electron chi connectivity index (χ3n) is 3.08. The summed E-state index contributed by atoms with van der Waals surface area (Å²) in [5.41, 5.74) is 1.41. The zero-order valence-corrected chi connectivity index (χ0v) is 13.9. The molecule has 0 aliphatic heterocycles. The minimum atomic E-state index is -2.35. The van der Waals surface area contributed by atoms with Crippen molar-refractivity contribution in [3.8, 4) is 0 Å². The fourth-order valence-corrected chi connectivity index (χ4v) is 4.79. The topological polar surface area (TPSA) is 27.7 Å². The first kappa shape index (κ1) is 16.7. The Morgan fingerprint density at radius 3 is 2.16 bits per heavy atom. The van der Waals surface area contributed by atoms with E-state index in [1.165, 1.54) is 5.56 Å². The molecule has 0 unspecified atom stereocenters. The minimum absolute atomic E-state index is 0.884. The Morgan fingerprint density at radius 2 is 1.58 bits per heavy atom. The molecule has 0 saturated heterocycles. The number of hydrogen-bond donors (Lipinski definition) is 0. The molecule has 108 valence electrons. The first-order valence-corrected chi connectivity index (χ1v) is 9.62. The van der Waals surface area contributed by atoms with Gasteiger partial charge in [-0.1, -0.05) is 30.3 Å². The van der Waals surface area contributed by atoms with Gasteiger partial charge in [0.15, 0.2) is 0 Å². The van der Waals surface area contributed by atoms with Crippen molar-refractivity contribution < 1.29 is 13.3 Å². The van der Waals surface area contributed by atoms with Crippen LogP contribution in [-0.4, -0.2) is 41.6 Å². The molecule has 19 heavy (non-hydrogen) atoms. The molecular weight excluding hydrogens is 276 g/mol. The normalized spacial score (nSPS) is 11.7. The van der Waals surface area contributed by atoms with Gasteiger partial charge < -0.3 is 13.3 Å². The summed E-state index contributed by atoms with van der Waals surface area (Å²) in [6.45, 7) is 0. The summed E-state index contributed by atoms with van der Waals surface area (Å²) < 4.78 is 16.2. The van der Waals surface area contributed by atoms with Crippen LogP contribution in [0.2, 0.25) is 6.04 Å². The third kappa shape index (κ3) is 6.10. The Bertz CT molecular complexity index is 322. The lowest BCUT2D eigenvalue weighted by Gasteiger charge is -2.24. The second-order valence-electron chi connectivity index (χ2n) is 4.25. The van der Waals surface area contributed by atoms with E-state index in [1.807, 2.05) is 11.8 Å². The van der Waals surface area contributed by atoms with Crippen LogP contribution >= 0.6 is 11.8 Å². The number of benzene rings is 1. The van der Waals surface area contributed by atoms with Crippen LogP contribution in [0.3, 0.4) is 0 Å². The van der Waals surface area contributed by atoms with Crippen LogP contribution in [0.15, 0.2) is 30.3 Å². The maximum atomic E-state index is 5.40. The third-order valence-corrected chi connectivity index (χ3v) is 6.98. The lowest BCUT2D eigenvalue weighted by molar-refractivity contribution is 0.123. The van der Waals surface area contributed by atoms with Gasteiger partial charge in [-0.2, -0.15) is 11.8 Å². The lowest BCUT2D eigenvalue weighted by atomic mass is 10.2. The van der Waals surface area contributed by atoms with Crippen LogP contribution in [0.1, 0.15) is 12.0 Å². The van der Waals surface area contributed by atoms with E-state index in [-0.39, 0.29) is 0 Å². The zero-order chi connectivity index (χ0) is 14.0. The molecule has 0 radical (unpaired) electrons. The largest absolute Gasteiger partial charge is 0.500 e. The maximum absolute atomic E-state index is 5.40. The predicted octanol–water partition coefficient (Wildman–Crippen LogP) is 3.23. The van der Waals surface area contributed by atoms with Gasteiger partial charge in [0.2, 0.25) is 0 Å². The smallest absolute Gasteiger partial charge is 0.377 e. The van der Waals surface area contributed by atoms with Crippen LogP contribution < -0.4 is 0 Å². The second kappa shape index (κ2) is 9.55. The van der Waals surface area contributed by atoms with E-state index in [9.17, 15) is 0 Å². The molecule has 0 amide bonds. The molecule has 0 aliphatic rings. The molecule has 0 bridgehead atoms. The molecule has 1 rings (SSSR count). The molecule has 5 heteroatoms. The molecule has 0 heterocycles. The fourth-order valence-electron chi connectivity index (χ4n) is 1.88. The van der Waals surface area contributed by atoms with Gasteiger partial charge in [0.05, 0.1) is 0 Å². The van der Waals surface area contributed by atoms with Crippen LogP contribution in [-0.2, 0) is 19.7 Å². The van der Waals surface area contributed by atoms with Gasteiger partial charge in [0, 0.05) is 27.4 Å². The van der Waals surface area contributed by atoms with Crippen molar-refractivity contribution in [3.63, 3.8) is 0 Å². The number of thioether (sulfide) groups is 1. The van der Waals surface area contributed by atoms with Gasteiger partial charge in [0.25, 0.3) is 0 Å². The van der Waals surface area contributed by atoms with E-state index in [1.54, 1.807) is 21.3 Å². The Balaban J connectivity index is 2.11. The summed E-state index contributed by atoms with van der Waals surface area (Å²) in [4.78, 5) is 0. The summed E-state index contributed by atoms with van der Waals surface area (Å²) in [5, 5.41) is 0. The summed E-state index contributed by atoms with van der Waals surface area (Å²) in [5.74, 6) is 2.28. The SMILES string of the molecule is CO[Si](CCCSCCc1ccccc1)(OC)OC. The van der Waals surface area contributed by atoms with Crippen LogP contribution in [0.25, 0.3) is 0 Å². The summed E-state index contributed by atoms with van der Waals surface area (Å²) in [7, 11) is 2.65. The average Bonchev–Trinajstić information content (AvgIpc) is 2.48. The van der Waals surface area contributed by atoms with Crippen LogP contribution in [0.4, 0.5) is 0 Å². The molecular formula is C14H24O3SSi. The number of hydrogen-bond acceptors (Lipinski definition) is 4. The Hall–Kier alpha value is -0.333. The first-order chi connectivity index (χ1) is 9.26. The van der Waals surface area contributed by atoms with Crippen molar-refractivity contribution >= 4 is 20.6 Å². The molecule has 0 spiro atoms. The summed E-state index contributed by atoms with van der Waals surface area (Å²) in [6.07, 6.45) is 2.20. The highest BCUT2D eigenvalue weighted by atomic mass is 32.2. The Morgan fingerprint density at radius 1 is 0.947 bits per heavy atom. The van der Waals surface area contributed by atoms with Crippen LogP contribution in [0, 0.1) is 0 Å². The van der Waals surface area contributed by atoms with Crippen molar-refractivity contribution in [2.45, 2.75) is 18.9 Å². The predicted molar refractivity (Wildman–Crippen MR) is 83.7 cm³/mol. The first-order valence-electron chi connectivity index (χ1n) is 6.53. The molecule has 0 N–H and O–H groups in total. The quantitative estimate of drug-likeness (QED) is 0.490. The van der Waals surface area contributed by atoms with Crippen LogP contribution in [0.5, 0.6) is 0 Å². The monoisotopic (exact) mass is 300 g/mol. The molecule has 0 aliphatic carbocycles. The zero-order valence-electron chi connectivity index (χ0n) is 12.1. The number of rotatable bonds is 10. The van der Waals surface area contributed by atoms with Gasteiger partial charge in [-0.25, -0.2) is 0 Å². The highest BCUT2D eigenvalue weighted by Gasteiger charge is 2.36. The highest BCUT2D eigenvalue weighted by Crippen LogP contribution is 2.17. The standard InChI is InChI=1S/C14H24O3SSi/c1-15-19(16-2,17-3)13-7-11-18-12-10-14-8-5-4-6-9-14/h4-6,8-9H,7,10-13H2,1-3H3. The molecule has 3 nitrogen and oxygen atoms in total. The fraction of sp³-hybridized carbons (Fsp3) is 0.571. The van der Waals surface area contributed by atoms with E-state index in [0.29, 0.717) is 0 Å². The molecule has 1 aromatic rings. The van der Waals surface area contributed by atoms with Crippen molar-refractivity contribution in [1.29, 1.82) is 0 Å². The summed E-state index contributed by atoms with van der Waals surface area (Å²) in [6, 6.07) is 11.5. The van der Waals surface area contributed by atoms with E-state index >= 15 is 0 Å².